The largest absolute Gasteiger partial charge is 0.477 e. The maximum absolute atomic E-state index is 16.0. The second-order valence-electron chi connectivity index (χ2n) is 8.41. The number of fused-ring (bicyclic) bond motifs is 1. The fraction of sp³-hybridized carbons (Fsp3) is 0.222. The maximum atomic E-state index is 16.0. The van der Waals surface area contributed by atoms with Crippen molar-refractivity contribution in [1.82, 2.24) is 9.55 Å². The van der Waals surface area contributed by atoms with Crippen LogP contribution in [-0.2, 0) is 19.4 Å². The molecule has 0 amide bonds. The normalized spacial score (nSPS) is 11.0. The van der Waals surface area contributed by atoms with Crippen molar-refractivity contribution in [2.45, 2.75) is 26.3 Å². The van der Waals surface area contributed by atoms with Crippen molar-refractivity contribution in [2.75, 3.05) is 29.5 Å². The number of carbonyl (C=O) groups is 1. The van der Waals surface area contributed by atoms with Crippen molar-refractivity contribution in [1.29, 1.82) is 0 Å². The predicted octanol–water partition coefficient (Wildman–Crippen LogP) is 4.28. The summed E-state index contributed by atoms with van der Waals surface area (Å²) in [6, 6.07) is 14.5. The molecule has 4 rings (SSSR count). The minimum absolute atomic E-state index is 0.0398. The molecule has 2 heterocycles. The Morgan fingerprint density at radius 2 is 1.76 bits per heavy atom. The number of nitrogens with two attached hydrogens (primary N) is 1. The number of nitrogens with one attached hydrogen (secondary N) is 2. The first-order chi connectivity index (χ1) is 17.8. The molecule has 4 aromatic rings. The van der Waals surface area contributed by atoms with E-state index in [1.54, 1.807) is 31.3 Å². The first-order valence-electron chi connectivity index (χ1n) is 11.9. The van der Waals surface area contributed by atoms with Crippen molar-refractivity contribution in [2.24, 2.45) is 0 Å². The zero-order valence-corrected chi connectivity index (χ0v) is 20.2. The highest BCUT2D eigenvalue weighted by atomic mass is 19.1. The smallest absolute Gasteiger partial charge is 0.352 e. The van der Waals surface area contributed by atoms with E-state index in [2.05, 4.69) is 15.6 Å². The van der Waals surface area contributed by atoms with Crippen LogP contribution in [0, 0.1) is 11.6 Å². The molecule has 0 saturated carbocycles. The summed E-state index contributed by atoms with van der Waals surface area (Å²) in [7, 11) is 0. The van der Waals surface area contributed by atoms with Crippen LogP contribution in [-0.4, -0.2) is 33.7 Å². The van der Waals surface area contributed by atoms with Crippen molar-refractivity contribution in [3.8, 4) is 0 Å². The Kier molecular flexibility index (Phi) is 7.66. The minimum Gasteiger partial charge on any atom is -0.477 e. The van der Waals surface area contributed by atoms with Crippen LogP contribution < -0.4 is 21.8 Å². The van der Waals surface area contributed by atoms with E-state index in [1.807, 2.05) is 30.3 Å². The first kappa shape index (κ1) is 25.6. The van der Waals surface area contributed by atoms with Gasteiger partial charge in [-0.25, -0.2) is 18.6 Å². The summed E-state index contributed by atoms with van der Waals surface area (Å²) in [6.45, 7) is 2.04. The van der Waals surface area contributed by atoms with E-state index in [1.165, 1.54) is 4.57 Å². The summed E-state index contributed by atoms with van der Waals surface area (Å²) in [6.07, 6.45) is 2.03. The van der Waals surface area contributed by atoms with Gasteiger partial charge < -0.3 is 26.0 Å². The summed E-state index contributed by atoms with van der Waals surface area (Å²) in [4.78, 5) is 29.6. The van der Waals surface area contributed by atoms with Crippen LogP contribution in [0.3, 0.4) is 0 Å². The number of nitrogen functional groups attached to an aromatic ring is 1. The fourth-order valence-corrected chi connectivity index (χ4v) is 4.40. The van der Waals surface area contributed by atoms with E-state index in [9.17, 15) is 14.7 Å². The predicted molar refractivity (Wildman–Crippen MR) is 140 cm³/mol. The molecule has 2 aromatic heterocycles. The molecule has 37 heavy (non-hydrogen) atoms. The summed E-state index contributed by atoms with van der Waals surface area (Å²) in [5.74, 6) is -2.95. The monoisotopic (exact) mass is 507 g/mol. The number of pyridine rings is 2. The van der Waals surface area contributed by atoms with Crippen molar-refractivity contribution in [3.63, 3.8) is 0 Å². The third-order valence-electron chi connectivity index (χ3n) is 6.14. The summed E-state index contributed by atoms with van der Waals surface area (Å²) < 4.78 is 32.5. The Morgan fingerprint density at radius 3 is 2.41 bits per heavy atom. The number of carboxylic acid groups (broad SMARTS) is 1. The number of nitrogens with zero attached hydrogens (tertiary/aromatic N) is 2. The van der Waals surface area contributed by atoms with Gasteiger partial charge in [-0.05, 0) is 30.5 Å². The Labute approximate surface area is 211 Å². The maximum Gasteiger partial charge on any atom is 0.352 e. The Hall–Kier alpha value is -4.47. The van der Waals surface area contributed by atoms with Gasteiger partial charge in [0.15, 0.2) is 17.1 Å². The van der Waals surface area contributed by atoms with Crippen LogP contribution in [0.1, 0.15) is 28.5 Å². The van der Waals surface area contributed by atoms with E-state index in [-0.39, 0.29) is 48.2 Å². The lowest BCUT2D eigenvalue weighted by atomic mass is 10.0. The molecular weight excluding hydrogens is 480 g/mol. The molecule has 0 spiro atoms. The highest BCUT2D eigenvalue weighted by molar-refractivity contribution is 5.99. The minimum atomic E-state index is -1.37. The van der Waals surface area contributed by atoms with Gasteiger partial charge in [0.1, 0.15) is 17.2 Å². The van der Waals surface area contributed by atoms with Gasteiger partial charge in [0.05, 0.1) is 16.6 Å². The molecular formula is C27H27F2N5O3. The Bertz CT molecular complexity index is 1490. The number of rotatable bonds is 10. The van der Waals surface area contributed by atoms with E-state index in [4.69, 9.17) is 5.73 Å². The topological polar surface area (TPSA) is 122 Å². The molecule has 192 valence electrons. The zero-order valence-electron chi connectivity index (χ0n) is 20.2. The number of aryl methyl sites for hydroxylation is 2. The zero-order chi connectivity index (χ0) is 26.5. The van der Waals surface area contributed by atoms with E-state index >= 15 is 8.78 Å². The van der Waals surface area contributed by atoms with Crippen molar-refractivity contribution >= 4 is 34.1 Å². The number of hydrogen-bond acceptors (Lipinski definition) is 6. The third kappa shape index (κ3) is 5.09. The van der Waals surface area contributed by atoms with E-state index in [0.29, 0.717) is 12.2 Å². The number of hydrogen-bond donors (Lipinski definition) is 4. The molecule has 0 saturated heterocycles. The number of halogens is 2. The molecule has 0 aliphatic heterocycles. The van der Waals surface area contributed by atoms with Gasteiger partial charge in [-0.3, -0.25) is 4.79 Å². The molecule has 8 nitrogen and oxygen atoms in total. The van der Waals surface area contributed by atoms with Crippen LogP contribution in [0.5, 0.6) is 0 Å². The van der Waals surface area contributed by atoms with Gasteiger partial charge in [0, 0.05) is 31.4 Å². The summed E-state index contributed by atoms with van der Waals surface area (Å²) in [5.41, 5.74) is 4.36. The second-order valence-corrected chi connectivity index (χ2v) is 8.41. The van der Waals surface area contributed by atoms with Gasteiger partial charge in [-0.1, -0.05) is 43.3 Å². The molecule has 0 aliphatic carbocycles. The average Bonchev–Trinajstić information content (AvgIpc) is 2.91. The molecule has 0 radical (unpaired) electrons. The Morgan fingerprint density at radius 1 is 1.05 bits per heavy atom. The standard InChI is InChI=1S/C27H27F2N5O3/c1-2-17-24(27(36)37)34(15-11-16-8-4-3-5-9-16)25-19(26(17)35)22(30)20(28)23(21(25)29)33-14-13-32-18-10-6-7-12-31-18/h3-10,12,33H,2,11,13-15,30H2,1H3,(H,31,32)(H,36,37). The fourth-order valence-electron chi connectivity index (χ4n) is 4.40. The molecule has 0 bridgehead atoms. The van der Waals surface area contributed by atoms with Gasteiger partial charge >= 0.3 is 5.97 Å². The van der Waals surface area contributed by atoms with Crippen molar-refractivity contribution < 1.29 is 18.7 Å². The Balaban J connectivity index is 1.81. The lowest BCUT2D eigenvalue weighted by Gasteiger charge is -2.21. The van der Waals surface area contributed by atoms with E-state index in [0.717, 1.165) is 5.56 Å². The SMILES string of the molecule is CCc1c(C(=O)O)n(CCc2ccccc2)c2c(F)c(NCCNc3ccccn3)c(F)c(N)c2c1=O. The molecule has 0 atom stereocenters. The number of aromatic nitrogens is 2. The highest BCUT2D eigenvalue weighted by Gasteiger charge is 2.28. The van der Waals surface area contributed by atoms with Crippen LogP contribution >= 0.6 is 0 Å². The first-order valence-corrected chi connectivity index (χ1v) is 11.9. The van der Waals surface area contributed by atoms with Gasteiger partial charge in [0.25, 0.3) is 0 Å². The highest BCUT2D eigenvalue weighted by Crippen LogP contribution is 2.34. The third-order valence-corrected chi connectivity index (χ3v) is 6.14. The van der Waals surface area contributed by atoms with Gasteiger partial charge in [-0.15, -0.1) is 0 Å². The van der Waals surface area contributed by atoms with Gasteiger partial charge in [0.2, 0.25) is 0 Å². The molecule has 2 aromatic carbocycles. The number of benzene rings is 2. The van der Waals surface area contributed by atoms with Crippen LogP contribution in [0.15, 0.2) is 59.5 Å². The number of anilines is 3. The molecule has 5 N–H and O–H groups in total. The van der Waals surface area contributed by atoms with Crippen LogP contribution in [0.4, 0.5) is 26.0 Å². The molecule has 0 fully saturated rings. The van der Waals surface area contributed by atoms with Gasteiger partial charge in [-0.2, -0.15) is 0 Å². The molecule has 10 heteroatoms. The van der Waals surface area contributed by atoms with Crippen LogP contribution in [0.2, 0.25) is 0 Å². The second kappa shape index (κ2) is 11.1. The summed E-state index contributed by atoms with van der Waals surface area (Å²) in [5, 5.41) is 15.4. The number of aromatic carboxylic acids is 1. The van der Waals surface area contributed by atoms with Crippen molar-refractivity contribution in [3.05, 3.63) is 93.4 Å². The van der Waals surface area contributed by atoms with E-state index < -0.39 is 34.4 Å². The summed E-state index contributed by atoms with van der Waals surface area (Å²) >= 11 is 0. The number of carboxylic acids is 1. The molecule has 0 aliphatic rings. The lowest BCUT2D eigenvalue weighted by Crippen LogP contribution is -2.27. The lowest BCUT2D eigenvalue weighted by molar-refractivity contribution is 0.0683. The quantitative estimate of drug-likeness (QED) is 0.187. The average molecular weight is 508 g/mol. The molecule has 0 unspecified atom stereocenters. The van der Waals surface area contributed by atoms with Crippen LogP contribution in [0.25, 0.3) is 10.9 Å².